The summed E-state index contributed by atoms with van der Waals surface area (Å²) in [6.45, 7) is 15.5. The highest BCUT2D eigenvalue weighted by molar-refractivity contribution is 6.00. The number of ketones is 2. The van der Waals surface area contributed by atoms with E-state index in [2.05, 4.69) is 59.6 Å². The molecule has 6 heteroatoms. The Balaban J connectivity index is 1.59. The van der Waals surface area contributed by atoms with Crippen molar-refractivity contribution < 1.29 is 14.3 Å². The minimum absolute atomic E-state index is 0.0892. The average Bonchev–Trinajstić information content (AvgIpc) is 2.91. The fourth-order valence-electron chi connectivity index (χ4n) is 6.07. The lowest BCUT2D eigenvalue weighted by atomic mass is 9.84. The zero-order chi connectivity index (χ0) is 27.9. The third-order valence-electron chi connectivity index (χ3n) is 8.47. The minimum Gasteiger partial charge on any atom is -0.381 e. The number of benzene rings is 1. The Kier molecular flexibility index (Phi) is 10.2. The smallest absolute Gasteiger partial charge is 0.163 e. The van der Waals surface area contributed by atoms with Crippen LogP contribution in [0.15, 0.2) is 35.4 Å². The van der Waals surface area contributed by atoms with Gasteiger partial charge in [-0.2, -0.15) is 0 Å². The number of rotatable bonds is 8. The number of hydrogen-bond donors (Lipinski definition) is 0. The number of hydrogen-bond acceptors (Lipinski definition) is 6. The van der Waals surface area contributed by atoms with Gasteiger partial charge in [0.05, 0.1) is 6.54 Å². The first-order valence-corrected chi connectivity index (χ1v) is 14.6. The first-order chi connectivity index (χ1) is 18.8. The second-order valence-electron chi connectivity index (χ2n) is 11.4. The summed E-state index contributed by atoms with van der Waals surface area (Å²) in [5.41, 5.74) is 5.76. The van der Waals surface area contributed by atoms with E-state index in [-0.39, 0.29) is 17.5 Å². The molecular formula is C33H45N3O3. The molecule has 6 nitrogen and oxygen atoms in total. The van der Waals surface area contributed by atoms with Gasteiger partial charge in [-0.25, -0.2) is 0 Å². The molecule has 1 aromatic carbocycles. The summed E-state index contributed by atoms with van der Waals surface area (Å²) >= 11 is 0. The highest BCUT2D eigenvalue weighted by atomic mass is 16.5. The van der Waals surface area contributed by atoms with E-state index in [0.717, 1.165) is 98.8 Å². The van der Waals surface area contributed by atoms with Gasteiger partial charge in [0, 0.05) is 81.1 Å². The van der Waals surface area contributed by atoms with Crippen molar-refractivity contribution in [1.29, 1.82) is 0 Å². The Bertz CT molecular complexity index is 1170. The van der Waals surface area contributed by atoms with Crippen LogP contribution in [0, 0.1) is 24.7 Å². The summed E-state index contributed by atoms with van der Waals surface area (Å²) in [5.74, 6) is 6.77. The highest BCUT2D eigenvalue weighted by Gasteiger charge is 2.26. The van der Waals surface area contributed by atoms with Crippen LogP contribution < -0.4 is 4.90 Å². The SMILES string of the molecule is CCN(c1cc(C#CCN2CCN(C)CC2)cc(C(=O)CCC2C(=O)C=C(C)C=C2C)c1C)C1CCOCC1. The molecule has 39 heavy (non-hydrogen) atoms. The molecule has 0 aromatic heterocycles. The number of piperazine rings is 1. The molecule has 2 saturated heterocycles. The van der Waals surface area contributed by atoms with Gasteiger partial charge in [-0.1, -0.05) is 23.5 Å². The number of carbonyl (C=O) groups excluding carboxylic acids is 2. The van der Waals surface area contributed by atoms with E-state index in [0.29, 0.717) is 18.9 Å². The van der Waals surface area contributed by atoms with E-state index in [1.54, 1.807) is 6.08 Å². The quantitative estimate of drug-likeness (QED) is 0.360. The van der Waals surface area contributed by atoms with Crippen molar-refractivity contribution in [2.75, 3.05) is 64.4 Å². The van der Waals surface area contributed by atoms with Gasteiger partial charge in [-0.05, 0) is 83.4 Å². The first kappa shape index (κ1) is 29.3. The Hall–Kier alpha value is -2.72. The Morgan fingerprint density at radius 3 is 2.46 bits per heavy atom. The fourth-order valence-corrected chi connectivity index (χ4v) is 6.07. The molecule has 0 saturated carbocycles. The van der Waals surface area contributed by atoms with Gasteiger partial charge >= 0.3 is 0 Å². The summed E-state index contributed by atoms with van der Waals surface area (Å²) in [7, 11) is 2.16. The van der Waals surface area contributed by atoms with Crippen molar-refractivity contribution in [3.8, 4) is 11.8 Å². The molecule has 1 aliphatic carbocycles. The monoisotopic (exact) mass is 531 g/mol. The largest absolute Gasteiger partial charge is 0.381 e. The highest BCUT2D eigenvalue weighted by Crippen LogP contribution is 2.32. The van der Waals surface area contributed by atoms with Gasteiger partial charge in [0.1, 0.15) is 0 Å². The Morgan fingerprint density at radius 2 is 1.79 bits per heavy atom. The van der Waals surface area contributed by atoms with E-state index in [1.165, 1.54) is 0 Å². The Morgan fingerprint density at radius 1 is 1.08 bits per heavy atom. The van der Waals surface area contributed by atoms with E-state index < -0.39 is 0 Å². The summed E-state index contributed by atoms with van der Waals surface area (Å²) in [6.07, 6.45) is 6.61. The minimum atomic E-state index is -0.210. The number of carbonyl (C=O) groups is 2. The van der Waals surface area contributed by atoms with E-state index >= 15 is 0 Å². The second kappa shape index (κ2) is 13.6. The summed E-state index contributed by atoms with van der Waals surface area (Å²) in [6, 6.07) is 4.54. The lowest BCUT2D eigenvalue weighted by Crippen LogP contribution is -2.44. The first-order valence-electron chi connectivity index (χ1n) is 14.6. The number of ether oxygens (including phenoxy) is 1. The van der Waals surface area contributed by atoms with Gasteiger partial charge in [0.25, 0.3) is 0 Å². The molecule has 0 bridgehead atoms. The zero-order valence-corrected chi connectivity index (χ0v) is 24.5. The predicted molar refractivity (Wildman–Crippen MR) is 158 cm³/mol. The normalized spacial score (nSPS) is 21.2. The molecule has 2 aliphatic heterocycles. The maximum Gasteiger partial charge on any atom is 0.163 e. The molecule has 2 fully saturated rings. The fraction of sp³-hybridized carbons (Fsp3) is 0.576. The van der Waals surface area contributed by atoms with Crippen LogP contribution in [-0.4, -0.2) is 86.9 Å². The molecule has 0 radical (unpaired) electrons. The molecule has 1 atom stereocenters. The molecule has 0 amide bonds. The lowest BCUT2D eigenvalue weighted by Gasteiger charge is -2.36. The average molecular weight is 532 g/mol. The van der Waals surface area contributed by atoms with Crippen LogP contribution in [0.3, 0.4) is 0 Å². The molecule has 4 rings (SSSR count). The summed E-state index contributed by atoms with van der Waals surface area (Å²) < 4.78 is 5.63. The third kappa shape index (κ3) is 7.48. The van der Waals surface area contributed by atoms with Crippen molar-refractivity contribution >= 4 is 17.3 Å². The van der Waals surface area contributed by atoms with Crippen molar-refractivity contribution in [3.63, 3.8) is 0 Å². The third-order valence-corrected chi connectivity index (χ3v) is 8.47. The van der Waals surface area contributed by atoms with Crippen LogP contribution in [0.2, 0.25) is 0 Å². The zero-order valence-electron chi connectivity index (χ0n) is 24.5. The van der Waals surface area contributed by atoms with Gasteiger partial charge in [-0.3, -0.25) is 14.5 Å². The van der Waals surface area contributed by atoms with Gasteiger partial charge in [0.2, 0.25) is 0 Å². The summed E-state index contributed by atoms with van der Waals surface area (Å²) in [5, 5.41) is 0. The van der Waals surface area contributed by atoms with Gasteiger partial charge in [0.15, 0.2) is 11.6 Å². The van der Waals surface area contributed by atoms with Crippen LogP contribution in [0.4, 0.5) is 5.69 Å². The predicted octanol–water partition coefficient (Wildman–Crippen LogP) is 4.65. The number of nitrogens with zero attached hydrogens (tertiary/aromatic N) is 3. The number of allylic oxidation sites excluding steroid dienone is 4. The topological polar surface area (TPSA) is 53.1 Å². The molecule has 1 unspecified atom stereocenters. The number of Topliss-reactive ketones (excluding diaryl/α,β-unsaturated/α-hetero) is 1. The molecule has 3 aliphatic rings. The van der Waals surface area contributed by atoms with Crippen molar-refractivity contribution in [2.24, 2.45) is 5.92 Å². The van der Waals surface area contributed by atoms with Gasteiger partial charge in [-0.15, -0.1) is 0 Å². The molecule has 210 valence electrons. The molecule has 2 heterocycles. The molecular weight excluding hydrogens is 486 g/mol. The van der Waals surface area contributed by atoms with E-state index in [9.17, 15) is 9.59 Å². The molecule has 1 aromatic rings. The summed E-state index contributed by atoms with van der Waals surface area (Å²) in [4.78, 5) is 33.5. The molecule has 0 spiro atoms. The standard InChI is InChI=1S/C33H45N3O3/c1-6-36(28-11-18-39-19-12-28)31-23-27(8-7-13-35-16-14-34(5)15-17-35)22-30(26(31)4)32(37)10-9-29-25(3)20-24(2)21-33(29)38/h20-23,28-29H,6,9-19H2,1-5H3. The van der Waals surface area contributed by atoms with Crippen LogP contribution >= 0.6 is 0 Å². The van der Waals surface area contributed by atoms with E-state index in [1.807, 2.05) is 19.9 Å². The van der Waals surface area contributed by atoms with Crippen molar-refractivity contribution in [1.82, 2.24) is 9.80 Å². The van der Waals surface area contributed by atoms with Gasteiger partial charge < -0.3 is 14.5 Å². The maximum absolute atomic E-state index is 13.7. The Labute approximate surface area is 235 Å². The van der Waals surface area contributed by atoms with Crippen LogP contribution in [0.25, 0.3) is 0 Å². The maximum atomic E-state index is 13.7. The van der Waals surface area contributed by atoms with Crippen molar-refractivity contribution in [2.45, 2.75) is 59.4 Å². The van der Waals surface area contributed by atoms with E-state index in [4.69, 9.17) is 4.74 Å². The number of anilines is 1. The van der Waals surface area contributed by atoms with Crippen LogP contribution in [0.1, 0.15) is 67.9 Å². The van der Waals surface area contributed by atoms with Crippen molar-refractivity contribution in [3.05, 3.63) is 52.1 Å². The number of likely N-dealkylation sites (N-methyl/N-ethyl adjacent to an activating group) is 1. The lowest BCUT2D eigenvalue weighted by molar-refractivity contribution is -0.117. The van der Waals surface area contributed by atoms with Crippen LogP contribution in [0.5, 0.6) is 0 Å². The second-order valence-corrected chi connectivity index (χ2v) is 11.4. The van der Waals surface area contributed by atoms with Crippen LogP contribution in [-0.2, 0) is 9.53 Å². The molecule has 0 N–H and O–H groups in total.